The van der Waals surface area contributed by atoms with E-state index in [2.05, 4.69) is 43.4 Å². The zero-order valence-electron chi connectivity index (χ0n) is 27.1. The predicted molar refractivity (Wildman–Crippen MR) is 179 cm³/mol. The van der Waals surface area contributed by atoms with E-state index < -0.39 is 35.9 Å². The first kappa shape index (κ1) is 35.5. The summed E-state index contributed by atoms with van der Waals surface area (Å²) in [7, 11) is 0. The minimum Gasteiger partial charge on any atom is -0.506 e. The van der Waals surface area contributed by atoms with Crippen molar-refractivity contribution in [3.05, 3.63) is 51.1 Å². The number of amides is 2. The zero-order valence-corrected chi connectivity index (χ0v) is 28.7. The molecule has 46 heavy (non-hydrogen) atoms. The van der Waals surface area contributed by atoms with Gasteiger partial charge in [-0.2, -0.15) is 0 Å². The Kier molecular flexibility index (Phi) is 11.6. The number of aromatic hydroxyl groups is 1. The highest BCUT2D eigenvalue weighted by atomic mass is 32.2. The summed E-state index contributed by atoms with van der Waals surface area (Å²) in [5.74, 6) is -1.40. The highest BCUT2D eigenvalue weighted by Gasteiger charge is 2.49. The monoisotopic (exact) mass is 672 g/mol. The Morgan fingerprint density at radius 3 is 2.54 bits per heavy atom. The second-order valence-electron chi connectivity index (χ2n) is 13.6. The lowest BCUT2D eigenvalue weighted by molar-refractivity contribution is -0.158. The number of carbonyl (C=O) groups excluding carboxylic acids is 3. The van der Waals surface area contributed by atoms with Gasteiger partial charge in [0.15, 0.2) is 6.04 Å². The van der Waals surface area contributed by atoms with Gasteiger partial charge in [0.2, 0.25) is 11.8 Å². The molecule has 2 aliphatic rings. The molecule has 2 N–H and O–H groups in total. The van der Waals surface area contributed by atoms with E-state index in [4.69, 9.17) is 4.74 Å². The summed E-state index contributed by atoms with van der Waals surface area (Å²) in [4.78, 5) is 64.7. The number of nitroso groups, excluding NO2 is 2. The van der Waals surface area contributed by atoms with Gasteiger partial charge < -0.3 is 20.1 Å². The number of benzene rings is 1. The summed E-state index contributed by atoms with van der Waals surface area (Å²) in [5, 5.41) is 20.3. The Morgan fingerprint density at radius 2 is 1.93 bits per heavy atom. The molecule has 2 aromatic rings. The van der Waals surface area contributed by atoms with Crippen LogP contribution in [0.25, 0.3) is 0 Å². The number of thioether (sulfide) groups is 1. The predicted octanol–water partition coefficient (Wildman–Crippen LogP) is 6.58. The van der Waals surface area contributed by atoms with E-state index in [-0.39, 0.29) is 40.5 Å². The Hall–Kier alpha value is -3.32. The first-order chi connectivity index (χ1) is 21.8. The average molecular weight is 673 g/mol. The molecule has 2 fully saturated rings. The highest BCUT2D eigenvalue weighted by molar-refractivity contribution is 8.01. The van der Waals surface area contributed by atoms with Crippen molar-refractivity contribution in [3.8, 4) is 5.75 Å². The van der Waals surface area contributed by atoms with E-state index in [1.54, 1.807) is 0 Å². The second kappa shape index (κ2) is 15.1. The molecule has 5 unspecified atom stereocenters. The third-order valence-corrected chi connectivity index (χ3v) is 12.3. The molecule has 2 amide bonds. The summed E-state index contributed by atoms with van der Waals surface area (Å²) < 4.78 is 6.88. The van der Waals surface area contributed by atoms with Gasteiger partial charge in [-0.1, -0.05) is 45.0 Å². The van der Waals surface area contributed by atoms with Crippen molar-refractivity contribution in [2.75, 3.05) is 12.3 Å². The number of carbonyl (C=O) groups is 3. The van der Waals surface area contributed by atoms with Gasteiger partial charge in [-0.15, -0.1) is 32.9 Å². The van der Waals surface area contributed by atoms with E-state index in [0.717, 1.165) is 23.5 Å². The Morgan fingerprint density at radius 1 is 1.17 bits per heavy atom. The third-order valence-electron chi connectivity index (χ3n) is 10.1. The number of thiophene rings is 1. The van der Waals surface area contributed by atoms with Crippen LogP contribution in [0.5, 0.6) is 5.75 Å². The fourth-order valence-electron chi connectivity index (χ4n) is 6.51. The summed E-state index contributed by atoms with van der Waals surface area (Å²) in [6.07, 6.45) is 3.58. The molecular formula is C33H44N4O7S2. The lowest BCUT2D eigenvalue weighted by Crippen LogP contribution is -2.54. The van der Waals surface area contributed by atoms with Crippen molar-refractivity contribution in [1.82, 2.24) is 10.2 Å². The van der Waals surface area contributed by atoms with Crippen LogP contribution < -0.4 is 5.32 Å². The van der Waals surface area contributed by atoms with Crippen molar-refractivity contribution in [1.29, 1.82) is 0 Å². The minimum atomic E-state index is -1.40. The quantitative estimate of drug-likeness (QED) is 0.130. The van der Waals surface area contributed by atoms with Gasteiger partial charge in [-0.05, 0) is 90.1 Å². The topological polar surface area (TPSA) is 155 Å². The standard InChI is InChI=1S/C33H44N4O7S2/c1-20(16-22-12-13-32(2,3)33(22,4)5)44-31(41)26-8-6-14-37(26)30(40)25(19-46-28-9-7-15-45-28)34-29(39)24(36-43)17-21-10-11-23(35-42)27(38)18-21/h7,9-11,15,18,20,22,24-26,38H,6,8,12-14,16-17,19H2,1-5H3,(H,34,39). The van der Waals surface area contributed by atoms with Crippen molar-refractivity contribution < 1.29 is 24.2 Å². The van der Waals surface area contributed by atoms with Gasteiger partial charge in [0.05, 0.1) is 10.3 Å². The van der Waals surface area contributed by atoms with Crippen molar-refractivity contribution >= 4 is 46.6 Å². The smallest absolute Gasteiger partial charge is 0.329 e. The molecule has 11 nitrogen and oxygen atoms in total. The number of nitrogens with zero attached hydrogens (tertiary/aromatic N) is 3. The molecule has 250 valence electrons. The maximum absolute atomic E-state index is 14.0. The summed E-state index contributed by atoms with van der Waals surface area (Å²) in [6, 6.07) is 4.58. The molecular weight excluding hydrogens is 629 g/mol. The molecule has 0 radical (unpaired) electrons. The van der Waals surface area contributed by atoms with Gasteiger partial charge >= 0.3 is 5.97 Å². The molecule has 1 saturated heterocycles. The van der Waals surface area contributed by atoms with E-state index in [0.29, 0.717) is 30.9 Å². The number of nitrogens with one attached hydrogen (secondary N) is 1. The number of likely N-dealkylation sites (tertiary alicyclic amines) is 1. The highest BCUT2D eigenvalue weighted by Crippen LogP contribution is 2.57. The zero-order chi connectivity index (χ0) is 33.6. The average Bonchev–Trinajstić information content (AvgIpc) is 3.75. The molecule has 1 aromatic carbocycles. The number of rotatable bonds is 14. The van der Waals surface area contributed by atoms with Crippen LogP contribution in [-0.2, 0) is 25.5 Å². The van der Waals surface area contributed by atoms with Crippen LogP contribution in [0.15, 0.2) is 50.3 Å². The Balaban J connectivity index is 1.44. The molecule has 1 aliphatic carbocycles. The van der Waals surface area contributed by atoms with Crippen LogP contribution in [-0.4, -0.2) is 64.3 Å². The van der Waals surface area contributed by atoms with Crippen LogP contribution >= 0.6 is 23.1 Å². The second-order valence-corrected chi connectivity index (χ2v) is 15.8. The van der Waals surface area contributed by atoms with Crippen molar-refractivity contribution in [2.24, 2.45) is 27.1 Å². The largest absolute Gasteiger partial charge is 0.506 e. The van der Waals surface area contributed by atoms with Crippen LogP contribution in [0, 0.1) is 26.6 Å². The van der Waals surface area contributed by atoms with Gasteiger partial charge in [0.1, 0.15) is 23.5 Å². The van der Waals surface area contributed by atoms with Gasteiger partial charge in [0.25, 0.3) is 0 Å². The van der Waals surface area contributed by atoms with Gasteiger partial charge in [-0.25, -0.2) is 4.79 Å². The van der Waals surface area contributed by atoms with Crippen molar-refractivity contribution in [2.45, 2.75) is 102 Å². The number of hydrogen-bond donors (Lipinski definition) is 2. The number of phenolic OH excluding ortho intramolecular Hbond substituents is 1. The van der Waals surface area contributed by atoms with Crippen LogP contribution in [0.2, 0.25) is 0 Å². The van der Waals surface area contributed by atoms with E-state index >= 15 is 0 Å². The number of esters is 1. The maximum atomic E-state index is 14.0. The first-order valence-electron chi connectivity index (χ1n) is 15.7. The van der Waals surface area contributed by atoms with Gasteiger partial charge in [0, 0.05) is 18.7 Å². The molecule has 1 aliphatic heterocycles. The molecule has 5 atom stereocenters. The van der Waals surface area contributed by atoms with Crippen LogP contribution in [0.4, 0.5) is 5.69 Å². The maximum Gasteiger partial charge on any atom is 0.329 e. The van der Waals surface area contributed by atoms with Crippen LogP contribution in [0.3, 0.4) is 0 Å². The molecule has 1 aromatic heterocycles. The lowest BCUT2D eigenvalue weighted by atomic mass is 9.66. The van der Waals surface area contributed by atoms with Gasteiger partial charge in [-0.3, -0.25) is 9.59 Å². The van der Waals surface area contributed by atoms with Crippen molar-refractivity contribution in [3.63, 3.8) is 0 Å². The van der Waals surface area contributed by atoms with E-state index in [9.17, 15) is 29.3 Å². The summed E-state index contributed by atoms with van der Waals surface area (Å²) in [5.41, 5.74) is 0.537. The first-order valence-corrected chi connectivity index (χ1v) is 17.6. The fraction of sp³-hybridized carbons (Fsp3) is 0.606. The van der Waals surface area contributed by atoms with E-state index in [1.165, 1.54) is 46.2 Å². The normalized spacial score (nSPS) is 22.1. The molecule has 1 saturated carbocycles. The SMILES string of the molecule is CC(CC1CCC(C)(C)C1(C)C)OC(=O)C1CCCN1C(=O)C(CSc1cccs1)NC(=O)C(Cc1ccc(N=O)c(O)c1)N=O. The Labute approximate surface area is 278 Å². The Bertz CT molecular complexity index is 1410. The molecule has 13 heteroatoms. The number of hydrogen-bond acceptors (Lipinski definition) is 11. The number of phenols is 1. The minimum absolute atomic E-state index is 0.111. The van der Waals surface area contributed by atoms with E-state index in [1.807, 2.05) is 24.4 Å². The van der Waals surface area contributed by atoms with Crippen LogP contribution in [0.1, 0.15) is 72.3 Å². The summed E-state index contributed by atoms with van der Waals surface area (Å²) >= 11 is 2.89. The lowest BCUT2D eigenvalue weighted by Gasteiger charge is -2.40. The number of ether oxygens (including phenoxy) is 1. The summed E-state index contributed by atoms with van der Waals surface area (Å²) in [6.45, 7) is 11.4. The third kappa shape index (κ3) is 8.14. The molecule has 0 bridgehead atoms. The fourth-order valence-corrected chi connectivity index (χ4v) is 8.34. The molecule has 4 rings (SSSR count). The molecule has 2 heterocycles. The molecule has 0 spiro atoms.